The normalized spacial score (nSPS) is 10.8. The molecule has 2 nitrogen and oxygen atoms in total. The Balaban J connectivity index is 1.88. The third-order valence-electron chi connectivity index (χ3n) is 2.82. The van der Waals surface area contributed by atoms with Crippen LogP contribution in [0.4, 0.5) is 0 Å². The van der Waals surface area contributed by atoms with Crippen molar-refractivity contribution in [3.05, 3.63) is 51.0 Å². The highest BCUT2D eigenvalue weighted by Crippen LogP contribution is 2.16. The molecule has 1 heterocycles. The molecule has 1 aromatic carbocycles. The van der Waals surface area contributed by atoms with Gasteiger partial charge in [-0.1, -0.05) is 24.3 Å². The van der Waals surface area contributed by atoms with Crippen molar-refractivity contribution in [2.45, 2.75) is 32.8 Å². The highest BCUT2D eigenvalue weighted by atomic mass is 35.5. The summed E-state index contributed by atoms with van der Waals surface area (Å²) in [5.74, 6) is 0.568. The molecule has 0 aliphatic rings. The average molecular weight is 281 g/mol. The van der Waals surface area contributed by atoms with Crippen molar-refractivity contribution in [2.75, 3.05) is 0 Å². The van der Waals surface area contributed by atoms with E-state index in [1.54, 1.807) is 11.3 Å². The predicted molar refractivity (Wildman–Crippen MR) is 78.1 cm³/mol. The maximum atomic E-state index is 5.82. The second-order valence-electron chi connectivity index (χ2n) is 4.31. The molecule has 2 rings (SSSR count). The van der Waals surface area contributed by atoms with E-state index in [1.807, 2.05) is 12.1 Å². The molecule has 4 heteroatoms. The fraction of sp³-hybridized carbons (Fsp3) is 0.357. The van der Waals surface area contributed by atoms with E-state index in [1.165, 1.54) is 10.4 Å². The van der Waals surface area contributed by atoms with E-state index in [0.29, 0.717) is 5.88 Å². The summed E-state index contributed by atoms with van der Waals surface area (Å²) in [4.78, 5) is 5.81. The van der Waals surface area contributed by atoms with E-state index in [0.717, 1.165) is 29.4 Å². The summed E-state index contributed by atoms with van der Waals surface area (Å²) in [6, 6.07) is 8.34. The molecule has 0 saturated carbocycles. The smallest absolute Gasteiger partial charge is 0.107 e. The largest absolute Gasteiger partial charge is 0.306 e. The van der Waals surface area contributed by atoms with Gasteiger partial charge in [-0.3, -0.25) is 0 Å². The van der Waals surface area contributed by atoms with Gasteiger partial charge >= 0.3 is 0 Å². The second-order valence-corrected chi connectivity index (χ2v) is 5.86. The van der Waals surface area contributed by atoms with E-state index < -0.39 is 0 Å². The van der Waals surface area contributed by atoms with Crippen LogP contribution < -0.4 is 5.32 Å². The number of alkyl halides is 1. The summed E-state index contributed by atoms with van der Waals surface area (Å²) in [6.07, 6.45) is 0. The maximum Gasteiger partial charge on any atom is 0.107 e. The van der Waals surface area contributed by atoms with Crippen LogP contribution in [0.3, 0.4) is 0 Å². The number of nitrogens with one attached hydrogen (secondary N) is 1. The van der Waals surface area contributed by atoms with Crippen molar-refractivity contribution in [1.29, 1.82) is 0 Å². The monoisotopic (exact) mass is 280 g/mol. The lowest BCUT2D eigenvalue weighted by molar-refractivity contribution is 0.688. The van der Waals surface area contributed by atoms with Gasteiger partial charge in [0.1, 0.15) is 5.01 Å². The lowest BCUT2D eigenvalue weighted by Gasteiger charge is -2.04. The van der Waals surface area contributed by atoms with Gasteiger partial charge in [-0.05, 0) is 25.0 Å². The molecule has 0 bridgehead atoms. The summed E-state index contributed by atoms with van der Waals surface area (Å²) < 4.78 is 0. The number of aryl methyl sites for hydroxylation is 2. The van der Waals surface area contributed by atoms with Crippen LogP contribution in [0.25, 0.3) is 0 Å². The first-order valence-electron chi connectivity index (χ1n) is 5.96. The minimum Gasteiger partial charge on any atom is -0.306 e. The van der Waals surface area contributed by atoms with Gasteiger partial charge in [-0.15, -0.1) is 22.9 Å². The third-order valence-corrected chi connectivity index (χ3v) is 4.21. The van der Waals surface area contributed by atoms with Crippen molar-refractivity contribution >= 4 is 22.9 Å². The lowest BCUT2D eigenvalue weighted by atomic mass is 10.1. The SMILES string of the molecule is Cc1nc(CNCc2cccc(CCl)c2)sc1C. The van der Waals surface area contributed by atoms with E-state index >= 15 is 0 Å². The lowest BCUT2D eigenvalue weighted by Crippen LogP contribution is -2.12. The zero-order valence-electron chi connectivity index (χ0n) is 10.7. The van der Waals surface area contributed by atoms with Crippen molar-refractivity contribution in [2.24, 2.45) is 0 Å². The van der Waals surface area contributed by atoms with E-state index in [2.05, 4.69) is 36.3 Å². The van der Waals surface area contributed by atoms with Crippen LogP contribution in [0.2, 0.25) is 0 Å². The maximum absolute atomic E-state index is 5.82. The molecule has 0 spiro atoms. The van der Waals surface area contributed by atoms with Gasteiger partial charge in [-0.25, -0.2) is 4.98 Å². The Morgan fingerprint density at radius 2 is 2.00 bits per heavy atom. The molecule has 1 aromatic heterocycles. The number of benzene rings is 1. The second kappa shape index (κ2) is 6.32. The molecule has 96 valence electrons. The molecule has 18 heavy (non-hydrogen) atoms. The first-order valence-corrected chi connectivity index (χ1v) is 7.31. The number of aromatic nitrogens is 1. The molecule has 0 aliphatic heterocycles. The number of nitrogens with zero attached hydrogens (tertiary/aromatic N) is 1. The summed E-state index contributed by atoms with van der Waals surface area (Å²) >= 11 is 7.58. The Morgan fingerprint density at radius 3 is 2.67 bits per heavy atom. The van der Waals surface area contributed by atoms with Gasteiger partial charge < -0.3 is 5.32 Å². The summed E-state index contributed by atoms with van der Waals surface area (Å²) in [7, 11) is 0. The Hall–Kier alpha value is -0.900. The van der Waals surface area contributed by atoms with Gasteiger partial charge in [0.15, 0.2) is 0 Å². The van der Waals surface area contributed by atoms with Crippen LogP contribution in [0.1, 0.15) is 26.7 Å². The van der Waals surface area contributed by atoms with Crippen LogP contribution in [0, 0.1) is 13.8 Å². The number of halogens is 1. The highest BCUT2D eigenvalue weighted by molar-refractivity contribution is 7.11. The zero-order valence-corrected chi connectivity index (χ0v) is 12.2. The molecule has 0 saturated heterocycles. The molecule has 0 amide bonds. The molecule has 0 unspecified atom stereocenters. The van der Waals surface area contributed by atoms with Gasteiger partial charge in [0.05, 0.1) is 5.69 Å². The topological polar surface area (TPSA) is 24.9 Å². The quantitative estimate of drug-likeness (QED) is 0.843. The number of rotatable bonds is 5. The molecule has 1 N–H and O–H groups in total. The van der Waals surface area contributed by atoms with Crippen LogP contribution >= 0.6 is 22.9 Å². The fourth-order valence-corrected chi connectivity index (χ4v) is 2.82. The summed E-state index contributed by atoms with van der Waals surface area (Å²) in [5, 5.41) is 4.57. The highest BCUT2D eigenvalue weighted by Gasteiger charge is 2.03. The van der Waals surface area contributed by atoms with Crippen LogP contribution in [-0.2, 0) is 19.0 Å². The predicted octanol–water partition coefficient (Wildman–Crippen LogP) is 3.79. The van der Waals surface area contributed by atoms with Crippen LogP contribution in [-0.4, -0.2) is 4.98 Å². The van der Waals surface area contributed by atoms with Crippen molar-refractivity contribution in [1.82, 2.24) is 10.3 Å². The molecule has 0 radical (unpaired) electrons. The standard InChI is InChI=1S/C14H17ClN2S/c1-10-11(2)18-14(17-10)9-16-8-13-5-3-4-12(6-13)7-15/h3-6,16H,7-9H2,1-2H3. The van der Waals surface area contributed by atoms with Gasteiger partial charge in [-0.2, -0.15) is 0 Å². The Labute approximate surface area is 117 Å². The van der Waals surface area contributed by atoms with Crippen molar-refractivity contribution in [3.8, 4) is 0 Å². The molecular weight excluding hydrogens is 264 g/mol. The van der Waals surface area contributed by atoms with E-state index in [9.17, 15) is 0 Å². The summed E-state index contributed by atoms with van der Waals surface area (Å²) in [6.45, 7) is 5.84. The Bertz CT molecular complexity index is 503. The van der Waals surface area contributed by atoms with Crippen molar-refractivity contribution < 1.29 is 0 Å². The fourth-order valence-electron chi connectivity index (χ4n) is 1.75. The molecule has 0 aliphatic carbocycles. The molecule has 2 aromatic rings. The first kappa shape index (κ1) is 13.5. The van der Waals surface area contributed by atoms with E-state index in [-0.39, 0.29) is 0 Å². The average Bonchev–Trinajstić information content (AvgIpc) is 2.69. The number of thiazole rings is 1. The zero-order chi connectivity index (χ0) is 13.0. The first-order chi connectivity index (χ1) is 8.69. The van der Waals surface area contributed by atoms with Crippen LogP contribution in [0.5, 0.6) is 0 Å². The molecular formula is C14H17ClN2S. The van der Waals surface area contributed by atoms with Gasteiger partial charge in [0, 0.05) is 23.8 Å². The summed E-state index contributed by atoms with van der Waals surface area (Å²) in [5.41, 5.74) is 3.57. The minimum absolute atomic E-state index is 0.568. The molecule has 0 atom stereocenters. The van der Waals surface area contributed by atoms with E-state index in [4.69, 9.17) is 11.6 Å². The number of hydrogen-bond donors (Lipinski definition) is 1. The Morgan fingerprint density at radius 1 is 1.22 bits per heavy atom. The third kappa shape index (κ3) is 3.55. The van der Waals surface area contributed by atoms with Crippen molar-refractivity contribution in [3.63, 3.8) is 0 Å². The molecule has 0 fully saturated rings. The van der Waals surface area contributed by atoms with Gasteiger partial charge in [0.25, 0.3) is 0 Å². The number of hydrogen-bond acceptors (Lipinski definition) is 3. The van der Waals surface area contributed by atoms with Gasteiger partial charge in [0.2, 0.25) is 0 Å². The minimum atomic E-state index is 0.568. The Kier molecular flexibility index (Phi) is 4.75. The van der Waals surface area contributed by atoms with Crippen LogP contribution in [0.15, 0.2) is 24.3 Å².